The quantitative estimate of drug-likeness (QED) is 0.484. The van der Waals surface area contributed by atoms with Gasteiger partial charge in [0.05, 0.1) is 17.8 Å². The van der Waals surface area contributed by atoms with Crippen LogP contribution in [-0.4, -0.2) is 64.3 Å². The molecule has 5 N–H and O–H groups in total. The smallest absolute Gasteiger partial charge is 0.312 e. The maximum Gasteiger partial charge on any atom is 0.312 e. The second kappa shape index (κ2) is 11.8. The van der Waals surface area contributed by atoms with Crippen molar-refractivity contribution in [1.82, 2.24) is 20.1 Å². The molecule has 1 aliphatic rings. The number of amides is 4. The van der Waals surface area contributed by atoms with Gasteiger partial charge in [0.1, 0.15) is 0 Å². The molecule has 0 spiro atoms. The maximum atomic E-state index is 12.8. The zero-order valence-electron chi connectivity index (χ0n) is 18.9. The molecule has 0 radical (unpaired) electrons. The molecule has 1 aliphatic heterocycles. The number of thiophene rings is 1. The molecule has 0 aromatic carbocycles. The van der Waals surface area contributed by atoms with E-state index >= 15 is 0 Å². The van der Waals surface area contributed by atoms with Gasteiger partial charge >= 0.3 is 6.03 Å². The number of carbonyl (C=O) groups excluding carboxylic acids is 3. The molecule has 1 fully saturated rings. The van der Waals surface area contributed by atoms with Crippen molar-refractivity contribution in [3.8, 4) is 0 Å². The number of piperidine rings is 1. The number of aryl methyl sites for hydroxylation is 1. The molecular weight excluding hydrogens is 440 g/mol. The highest BCUT2D eigenvalue weighted by molar-refractivity contribution is 7.07. The van der Waals surface area contributed by atoms with Crippen LogP contribution < -0.4 is 16.8 Å². The topological polar surface area (TPSA) is 135 Å². The van der Waals surface area contributed by atoms with Gasteiger partial charge in [0.15, 0.2) is 0 Å². The van der Waals surface area contributed by atoms with Gasteiger partial charge in [0, 0.05) is 37.9 Å². The molecule has 4 amide bonds. The number of nitrogens with zero attached hydrogens (tertiary/aromatic N) is 3. The molecule has 10 heteroatoms. The zero-order chi connectivity index (χ0) is 23.8. The summed E-state index contributed by atoms with van der Waals surface area (Å²) in [4.78, 5) is 44.2. The van der Waals surface area contributed by atoms with Crippen molar-refractivity contribution < 1.29 is 14.4 Å². The number of pyridine rings is 1. The molecule has 3 heterocycles. The lowest BCUT2D eigenvalue weighted by molar-refractivity contribution is -0.134. The number of nitrogens with one attached hydrogen (secondary N) is 1. The fourth-order valence-corrected chi connectivity index (χ4v) is 4.95. The Hall–Kier alpha value is -2.98. The molecule has 1 saturated heterocycles. The van der Waals surface area contributed by atoms with Crippen molar-refractivity contribution in [3.05, 3.63) is 52.0 Å². The molecule has 178 valence electrons. The fourth-order valence-electron chi connectivity index (χ4n) is 4.29. The summed E-state index contributed by atoms with van der Waals surface area (Å²) in [7, 11) is 0. The summed E-state index contributed by atoms with van der Waals surface area (Å²) >= 11 is 1.60. The van der Waals surface area contributed by atoms with E-state index < -0.39 is 11.9 Å². The molecule has 3 rings (SSSR count). The zero-order valence-corrected chi connectivity index (χ0v) is 19.7. The van der Waals surface area contributed by atoms with E-state index in [2.05, 4.69) is 22.1 Å². The Labute approximate surface area is 198 Å². The van der Waals surface area contributed by atoms with Crippen molar-refractivity contribution in [3.63, 3.8) is 0 Å². The lowest BCUT2D eigenvalue weighted by Gasteiger charge is -2.41. The molecule has 2 aromatic heterocycles. The Morgan fingerprint density at radius 1 is 1.27 bits per heavy atom. The van der Waals surface area contributed by atoms with Crippen molar-refractivity contribution in [2.24, 2.45) is 11.5 Å². The molecule has 9 nitrogen and oxygen atoms in total. The highest BCUT2D eigenvalue weighted by Gasteiger charge is 2.29. The van der Waals surface area contributed by atoms with E-state index in [4.69, 9.17) is 11.5 Å². The Balaban J connectivity index is 1.56. The van der Waals surface area contributed by atoms with Gasteiger partial charge in [-0.05, 0) is 67.1 Å². The first-order valence-electron chi connectivity index (χ1n) is 11.2. The first kappa shape index (κ1) is 24.7. The minimum atomic E-state index is -0.699. The standard InChI is InChI=1S/C23H32N6O3S/c1-16(4-5-20-19(22(24)31)3-2-9-26-20)28-10-6-18(7-11-28)29(14-17-8-12-33-15-17)21(30)13-27-23(25)32/h2-3,8-9,12,15-16,18H,4-7,10-11,13-14H2,1H3,(H2,24,31)(H3,25,27,32)/t16-/m1/s1. The van der Waals surface area contributed by atoms with E-state index in [0.717, 1.165) is 43.6 Å². The van der Waals surface area contributed by atoms with Crippen molar-refractivity contribution >= 4 is 29.2 Å². The average molecular weight is 473 g/mol. The van der Waals surface area contributed by atoms with Gasteiger partial charge in [-0.3, -0.25) is 14.6 Å². The third-order valence-corrected chi connectivity index (χ3v) is 6.92. The third kappa shape index (κ3) is 7.00. The summed E-state index contributed by atoms with van der Waals surface area (Å²) in [5, 5.41) is 6.45. The van der Waals surface area contributed by atoms with Crippen molar-refractivity contribution in [2.45, 2.75) is 51.2 Å². The number of nitrogens with two attached hydrogens (primary N) is 2. The Morgan fingerprint density at radius 3 is 2.67 bits per heavy atom. The number of hydrogen-bond acceptors (Lipinski definition) is 6. The van der Waals surface area contributed by atoms with Crippen molar-refractivity contribution in [2.75, 3.05) is 19.6 Å². The molecule has 0 saturated carbocycles. The van der Waals surface area contributed by atoms with Crippen LogP contribution in [0.3, 0.4) is 0 Å². The number of aromatic nitrogens is 1. The molecule has 33 heavy (non-hydrogen) atoms. The normalized spacial score (nSPS) is 15.7. The Morgan fingerprint density at radius 2 is 2.03 bits per heavy atom. The van der Waals surface area contributed by atoms with Gasteiger partial charge in [-0.2, -0.15) is 11.3 Å². The second-order valence-electron chi connectivity index (χ2n) is 8.39. The summed E-state index contributed by atoms with van der Waals surface area (Å²) in [6.07, 6.45) is 4.94. The highest BCUT2D eigenvalue weighted by atomic mass is 32.1. The Kier molecular flexibility index (Phi) is 8.79. The summed E-state index contributed by atoms with van der Waals surface area (Å²) in [6.45, 7) is 4.35. The van der Waals surface area contributed by atoms with Gasteiger partial charge in [-0.25, -0.2) is 4.79 Å². The molecule has 1 atom stereocenters. The largest absolute Gasteiger partial charge is 0.366 e. The van der Waals surface area contributed by atoms with E-state index in [1.807, 2.05) is 21.7 Å². The molecule has 0 unspecified atom stereocenters. The number of urea groups is 1. The molecule has 0 bridgehead atoms. The maximum absolute atomic E-state index is 12.8. The number of likely N-dealkylation sites (tertiary alicyclic amines) is 1. The molecular formula is C23H32N6O3S. The minimum Gasteiger partial charge on any atom is -0.366 e. The van der Waals surface area contributed by atoms with E-state index in [0.29, 0.717) is 24.6 Å². The predicted octanol–water partition coefficient (Wildman–Crippen LogP) is 1.72. The lowest BCUT2D eigenvalue weighted by atomic mass is 9.98. The van der Waals surface area contributed by atoms with Crippen LogP contribution in [0.25, 0.3) is 0 Å². The van der Waals surface area contributed by atoms with E-state index in [9.17, 15) is 14.4 Å². The van der Waals surface area contributed by atoms with Crippen LogP contribution in [0.5, 0.6) is 0 Å². The predicted molar refractivity (Wildman–Crippen MR) is 128 cm³/mol. The van der Waals surface area contributed by atoms with Crippen LogP contribution in [0.1, 0.15) is 47.8 Å². The summed E-state index contributed by atoms with van der Waals surface area (Å²) in [6, 6.07) is 5.17. The summed E-state index contributed by atoms with van der Waals surface area (Å²) in [5.74, 6) is -0.576. The SMILES string of the molecule is C[C@H](CCc1ncccc1C(N)=O)N1CCC(N(Cc2ccsc2)C(=O)CNC(N)=O)CC1. The number of carbonyl (C=O) groups is 3. The minimum absolute atomic E-state index is 0.0949. The van der Waals surface area contributed by atoms with Gasteiger partial charge in [-0.1, -0.05) is 0 Å². The van der Waals surface area contributed by atoms with E-state index in [-0.39, 0.29) is 18.5 Å². The monoisotopic (exact) mass is 472 g/mol. The van der Waals surface area contributed by atoms with Crippen LogP contribution in [0, 0.1) is 0 Å². The first-order valence-corrected chi connectivity index (χ1v) is 12.1. The summed E-state index contributed by atoms with van der Waals surface area (Å²) in [5.41, 5.74) is 12.9. The van der Waals surface area contributed by atoms with E-state index in [1.165, 1.54) is 0 Å². The average Bonchev–Trinajstić information content (AvgIpc) is 3.33. The lowest BCUT2D eigenvalue weighted by Crippen LogP contribution is -2.51. The molecule has 2 aromatic rings. The summed E-state index contributed by atoms with van der Waals surface area (Å²) < 4.78 is 0. The van der Waals surface area contributed by atoms with Gasteiger partial charge in [-0.15, -0.1) is 0 Å². The van der Waals surface area contributed by atoms with Gasteiger partial charge < -0.3 is 26.6 Å². The van der Waals surface area contributed by atoms with Crippen molar-refractivity contribution in [1.29, 1.82) is 0 Å². The van der Waals surface area contributed by atoms with E-state index in [1.54, 1.807) is 29.7 Å². The highest BCUT2D eigenvalue weighted by Crippen LogP contribution is 2.23. The van der Waals surface area contributed by atoms with Crippen LogP contribution in [0.2, 0.25) is 0 Å². The van der Waals surface area contributed by atoms with Crippen LogP contribution in [-0.2, 0) is 17.8 Å². The number of primary amides is 2. The van der Waals surface area contributed by atoms with Crippen LogP contribution in [0.15, 0.2) is 35.2 Å². The second-order valence-corrected chi connectivity index (χ2v) is 9.17. The third-order valence-electron chi connectivity index (χ3n) is 6.19. The van der Waals surface area contributed by atoms with Gasteiger partial charge in [0.2, 0.25) is 5.91 Å². The van der Waals surface area contributed by atoms with Gasteiger partial charge in [0.25, 0.3) is 5.91 Å². The first-order chi connectivity index (χ1) is 15.8. The Bertz CT molecular complexity index is 943. The van der Waals surface area contributed by atoms with Crippen LogP contribution in [0.4, 0.5) is 4.79 Å². The molecule has 0 aliphatic carbocycles. The van der Waals surface area contributed by atoms with Crippen LogP contribution >= 0.6 is 11.3 Å². The number of hydrogen-bond donors (Lipinski definition) is 3. The number of rotatable bonds is 10. The fraction of sp³-hybridized carbons (Fsp3) is 0.478.